The molecule has 1 saturated carbocycles. The van der Waals surface area contributed by atoms with Crippen LogP contribution in [0.4, 0.5) is 4.39 Å². The number of hydrogen-bond acceptors (Lipinski definition) is 5. The number of ketones is 1. The van der Waals surface area contributed by atoms with Crippen LogP contribution in [0.1, 0.15) is 43.0 Å². The van der Waals surface area contributed by atoms with E-state index in [2.05, 4.69) is 0 Å². The molecule has 1 atom stereocenters. The molecule has 1 N–H and O–H groups in total. The molecule has 7 heteroatoms. The number of benzene rings is 1. The molecular weight excluding hydrogens is 365 g/mol. The van der Waals surface area contributed by atoms with Crippen LogP contribution in [0, 0.1) is 5.82 Å². The van der Waals surface area contributed by atoms with Gasteiger partial charge in [0.25, 0.3) is 11.7 Å². The minimum Gasteiger partial charge on any atom is -0.507 e. The minimum atomic E-state index is -0.855. The van der Waals surface area contributed by atoms with E-state index in [1.807, 2.05) is 0 Å². The highest BCUT2D eigenvalue weighted by molar-refractivity contribution is 6.46. The molecule has 0 spiro atoms. The molecule has 0 bridgehead atoms. The zero-order valence-corrected chi connectivity index (χ0v) is 15.4. The third-order valence-corrected chi connectivity index (χ3v) is 5.43. The molecule has 1 amide bonds. The third-order valence-electron chi connectivity index (χ3n) is 5.43. The molecule has 2 heterocycles. The summed E-state index contributed by atoms with van der Waals surface area (Å²) in [5.41, 5.74) is -0.0979. The Morgan fingerprint density at radius 2 is 2.00 bits per heavy atom. The van der Waals surface area contributed by atoms with Crippen molar-refractivity contribution in [1.29, 1.82) is 0 Å². The number of halogens is 1. The van der Waals surface area contributed by atoms with Crippen LogP contribution in [-0.4, -0.2) is 34.8 Å². The highest BCUT2D eigenvalue weighted by atomic mass is 19.1. The zero-order valence-electron chi connectivity index (χ0n) is 15.4. The van der Waals surface area contributed by atoms with E-state index in [4.69, 9.17) is 9.15 Å². The van der Waals surface area contributed by atoms with Crippen molar-refractivity contribution in [2.75, 3.05) is 7.11 Å². The van der Waals surface area contributed by atoms with E-state index >= 15 is 0 Å². The Morgan fingerprint density at radius 3 is 2.64 bits per heavy atom. The van der Waals surface area contributed by atoms with Crippen LogP contribution in [0.5, 0.6) is 5.75 Å². The lowest BCUT2D eigenvalue weighted by Crippen LogP contribution is -2.37. The van der Waals surface area contributed by atoms with Crippen molar-refractivity contribution in [3.63, 3.8) is 0 Å². The number of carbonyl (C=O) groups excluding carboxylic acids is 2. The van der Waals surface area contributed by atoms with Crippen molar-refractivity contribution in [2.24, 2.45) is 0 Å². The molecule has 1 aromatic carbocycles. The second kappa shape index (κ2) is 7.14. The van der Waals surface area contributed by atoms with E-state index < -0.39 is 29.3 Å². The Bertz CT molecular complexity index is 944. The van der Waals surface area contributed by atoms with Crippen molar-refractivity contribution in [2.45, 2.75) is 37.8 Å². The highest BCUT2D eigenvalue weighted by Crippen LogP contribution is 2.44. The first-order valence-corrected chi connectivity index (χ1v) is 9.20. The van der Waals surface area contributed by atoms with Gasteiger partial charge in [-0.25, -0.2) is 4.39 Å². The number of ether oxygens (including phenoxy) is 1. The number of aliphatic hydroxyl groups is 1. The zero-order chi connectivity index (χ0) is 19.8. The molecule has 146 valence electrons. The lowest BCUT2D eigenvalue weighted by Gasteiger charge is -2.29. The number of hydrogen-bond donors (Lipinski definition) is 1. The van der Waals surface area contributed by atoms with Crippen LogP contribution in [-0.2, 0) is 9.59 Å². The van der Waals surface area contributed by atoms with Crippen LogP contribution in [0.25, 0.3) is 5.76 Å². The molecule has 1 saturated heterocycles. The second-order valence-electron chi connectivity index (χ2n) is 7.00. The summed E-state index contributed by atoms with van der Waals surface area (Å²) in [7, 11) is 1.38. The molecule has 2 aromatic rings. The monoisotopic (exact) mass is 385 g/mol. The van der Waals surface area contributed by atoms with E-state index in [0.717, 1.165) is 31.7 Å². The summed E-state index contributed by atoms with van der Waals surface area (Å²) in [4.78, 5) is 27.2. The van der Waals surface area contributed by atoms with Crippen molar-refractivity contribution in [1.82, 2.24) is 4.90 Å². The van der Waals surface area contributed by atoms with Crippen LogP contribution < -0.4 is 4.74 Å². The predicted octanol–water partition coefficient (Wildman–Crippen LogP) is 3.79. The molecule has 1 aliphatic carbocycles. The van der Waals surface area contributed by atoms with E-state index in [1.54, 1.807) is 12.1 Å². The van der Waals surface area contributed by atoms with Crippen LogP contribution in [0.2, 0.25) is 0 Å². The minimum absolute atomic E-state index is 0.0171. The van der Waals surface area contributed by atoms with Gasteiger partial charge in [0.15, 0.2) is 0 Å². The molecule has 0 radical (unpaired) electrons. The molecular formula is C21H20FNO5. The maximum Gasteiger partial charge on any atom is 0.296 e. The smallest absolute Gasteiger partial charge is 0.296 e. The number of amides is 1. The fraction of sp³-hybridized carbons (Fsp3) is 0.333. The van der Waals surface area contributed by atoms with Crippen molar-refractivity contribution in [3.8, 4) is 5.75 Å². The number of likely N-dealkylation sites (tertiary alicyclic amines) is 1. The average molecular weight is 385 g/mol. The van der Waals surface area contributed by atoms with Gasteiger partial charge in [-0.3, -0.25) is 9.59 Å². The lowest BCUT2D eigenvalue weighted by atomic mass is 9.98. The quantitative estimate of drug-likeness (QED) is 0.492. The Labute approximate surface area is 161 Å². The van der Waals surface area contributed by atoms with Gasteiger partial charge in [0, 0.05) is 6.04 Å². The van der Waals surface area contributed by atoms with E-state index in [-0.39, 0.29) is 22.9 Å². The third kappa shape index (κ3) is 2.87. The summed E-state index contributed by atoms with van der Waals surface area (Å²) in [5, 5.41) is 11.0. The number of nitrogens with zero attached hydrogens (tertiary/aromatic N) is 1. The molecule has 2 fully saturated rings. The van der Waals surface area contributed by atoms with Gasteiger partial charge in [-0.1, -0.05) is 12.8 Å². The molecule has 2 aliphatic rings. The van der Waals surface area contributed by atoms with Crippen molar-refractivity contribution in [3.05, 3.63) is 59.3 Å². The molecule has 1 unspecified atom stereocenters. The van der Waals surface area contributed by atoms with Gasteiger partial charge in [-0.15, -0.1) is 0 Å². The highest BCUT2D eigenvalue weighted by Gasteiger charge is 2.50. The van der Waals surface area contributed by atoms with Gasteiger partial charge in [-0.05, 0) is 43.2 Å². The van der Waals surface area contributed by atoms with Gasteiger partial charge in [-0.2, -0.15) is 0 Å². The van der Waals surface area contributed by atoms with E-state index in [1.165, 1.54) is 30.4 Å². The van der Waals surface area contributed by atoms with Crippen LogP contribution in [0.3, 0.4) is 0 Å². The molecule has 1 aromatic heterocycles. The van der Waals surface area contributed by atoms with Gasteiger partial charge in [0.05, 0.1) is 24.5 Å². The van der Waals surface area contributed by atoms with Crippen LogP contribution in [0.15, 0.2) is 46.6 Å². The Hall–Kier alpha value is -3.09. The fourth-order valence-corrected chi connectivity index (χ4v) is 4.15. The Morgan fingerprint density at radius 1 is 1.25 bits per heavy atom. The van der Waals surface area contributed by atoms with E-state index in [0.29, 0.717) is 5.76 Å². The summed E-state index contributed by atoms with van der Waals surface area (Å²) in [6, 6.07) is 5.99. The largest absolute Gasteiger partial charge is 0.507 e. The molecule has 6 nitrogen and oxygen atoms in total. The van der Waals surface area contributed by atoms with E-state index in [9.17, 15) is 19.1 Å². The van der Waals surface area contributed by atoms with Crippen molar-refractivity contribution < 1.29 is 28.2 Å². The Kier molecular flexibility index (Phi) is 4.66. The standard InChI is InChI=1S/C21H20FNO5/c1-27-15-9-8-12(22)11-14(15)19(24)17-18(16-7-4-10-28-16)23(21(26)20(17)25)13-5-2-3-6-13/h4,7-11,13,18,24H,2-3,5-6H2,1H3/b19-17-. The maximum absolute atomic E-state index is 13.8. The topological polar surface area (TPSA) is 80.0 Å². The predicted molar refractivity (Wildman–Crippen MR) is 98.1 cm³/mol. The summed E-state index contributed by atoms with van der Waals surface area (Å²) >= 11 is 0. The summed E-state index contributed by atoms with van der Waals surface area (Å²) in [6.07, 6.45) is 4.96. The molecule has 28 heavy (non-hydrogen) atoms. The van der Waals surface area contributed by atoms with Crippen LogP contribution >= 0.6 is 0 Å². The normalized spacial score (nSPS) is 22.2. The molecule has 1 aliphatic heterocycles. The van der Waals surface area contributed by atoms with Crippen molar-refractivity contribution >= 4 is 17.4 Å². The number of furan rings is 1. The van der Waals surface area contributed by atoms with Gasteiger partial charge >= 0.3 is 0 Å². The number of carbonyl (C=O) groups is 2. The first kappa shape index (κ1) is 18.3. The number of aliphatic hydroxyl groups excluding tert-OH is 1. The SMILES string of the molecule is COc1ccc(F)cc1/C(O)=C1/C(=O)C(=O)N(C2CCCC2)C1c1ccco1. The number of rotatable bonds is 4. The van der Waals surface area contributed by atoms with Gasteiger partial charge in [0.1, 0.15) is 29.1 Å². The summed E-state index contributed by atoms with van der Waals surface area (Å²) < 4.78 is 24.5. The number of Topliss-reactive ketones (excluding diaryl/α,β-unsaturated/α-hetero) is 1. The first-order chi connectivity index (χ1) is 13.5. The summed E-state index contributed by atoms with van der Waals surface area (Å²) in [6.45, 7) is 0. The maximum atomic E-state index is 13.8. The lowest BCUT2D eigenvalue weighted by molar-refractivity contribution is -0.141. The summed E-state index contributed by atoms with van der Waals surface area (Å²) in [5.74, 6) is -1.98. The van der Waals surface area contributed by atoms with Gasteiger partial charge < -0.3 is 19.2 Å². The fourth-order valence-electron chi connectivity index (χ4n) is 4.15. The second-order valence-corrected chi connectivity index (χ2v) is 7.00. The first-order valence-electron chi connectivity index (χ1n) is 9.20. The average Bonchev–Trinajstić information content (AvgIpc) is 3.43. The molecule has 4 rings (SSSR count). The Balaban J connectivity index is 1.91. The van der Waals surface area contributed by atoms with Gasteiger partial charge in [0.2, 0.25) is 0 Å². The number of methoxy groups -OCH3 is 1.